The summed E-state index contributed by atoms with van der Waals surface area (Å²) in [6, 6.07) is 0.615. The van der Waals surface area contributed by atoms with E-state index in [1.54, 1.807) is 6.92 Å². The minimum Gasteiger partial charge on any atom is -0.465 e. The molecule has 2 N–H and O–H groups in total. The Balaban J connectivity index is 1.99. The van der Waals surface area contributed by atoms with Crippen molar-refractivity contribution in [3.05, 3.63) is 21.4 Å². The van der Waals surface area contributed by atoms with Crippen molar-refractivity contribution in [3.8, 4) is 0 Å². The van der Waals surface area contributed by atoms with Gasteiger partial charge < -0.3 is 19.8 Å². The summed E-state index contributed by atoms with van der Waals surface area (Å²) in [7, 11) is 0. The standard InChI is InChI=1S/C14H16F3NO4S/c1-7-5-13(2-3-18(7)12(20)21)11-8(9(19)6-22-13)4-10(23-11)14(15,16)17/h4,7,9,19H,2-3,5-6H2,1H3,(H,20,21)/t7-,9?,13+/m0/s1. The van der Waals surface area contributed by atoms with Crippen LogP contribution >= 0.6 is 11.3 Å². The molecule has 0 bridgehead atoms. The van der Waals surface area contributed by atoms with Gasteiger partial charge in [-0.3, -0.25) is 0 Å². The summed E-state index contributed by atoms with van der Waals surface area (Å²) in [4.78, 5) is 12.0. The van der Waals surface area contributed by atoms with E-state index in [1.165, 1.54) is 4.90 Å². The van der Waals surface area contributed by atoms with E-state index in [9.17, 15) is 23.1 Å². The number of alkyl halides is 3. The number of amides is 1. The Bertz CT molecular complexity index is 632. The molecule has 0 aromatic carbocycles. The maximum Gasteiger partial charge on any atom is 0.425 e. The Hall–Kier alpha value is -1.32. The largest absolute Gasteiger partial charge is 0.465 e. The van der Waals surface area contributed by atoms with Crippen molar-refractivity contribution in [2.75, 3.05) is 13.2 Å². The maximum absolute atomic E-state index is 13.0. The number of thiophene rings is 1. The fourth-order valence-corrected chi connectivity index (χ4v) is 4.64. The lowest BCUT2D eigenvalue weighted by Gasteiger charge is -2.46. The third-order valence-corrected chi connectivity index (χ3v) is 5.87. The van der Waals surface area contributed by atoms with Gasteiger partial charge in [0.15, 0.2) is 0 Å². The first-order valence-corrected chi connectivity index (χ1v) is 7.99. The second-order valence-corrected chi connectivity index (χ2v) is 7.05. The molecule has 5 nitrogen and oxygen atoms in total. The molecule has 3 rings (SSSR count). The number of carbonyl (C=O) groups is 1. The van der Waals surface area contributed by atoms with Gasteiger partial charge in [-0.1, -0.05) is 0 Å². The van der Waals surface area contributed by atoms with Crippen molar-refractivity contribution in [3.63, 3.8) is 0 Å². The summed E-state index contributed by atoms with van der Waals surface area (Å²) in [5.74, 6) is 0. The first-order valence-electron chi connectivity index (χ1n) is 7.17. The number of rotatable bonds is 0. The van der Waals surface area contributed by atoms with Crippen molar-refractivity contribution in [2.24, 2.45) is 0 Å². The van der Waals surface area contributed by atoms with Crippen LogP contribution in [0.25, 0.3) is 0 Å². The van der Waals surface area contributed by atoms with Gasteiger partial charge in [0, 0.05) is 29.4 Å². The lowest BCUT2D eigenvalue weighted by molar-refractivity contribution is -0.135. The number of aliphatic hydroxyl groups is 1. The van der Waals surface area contributed by atoms with Gasteiger partial charge >= 0.3 is 12.3 Å². The predicted molar refractivity (Wildman–Crippen MR) is 75.3 cm³/mol. The van der Waals surface area contributed by atoms with E-state index >= 15 is 0 Å². The van der Waals surface area contributed by atoms with Gasteiger partial charge in [0.05, 0.1) is 6.61 Å². The number of hydrogen-bond donors (Lipinski definition) is 2. The molecule has 9 heteroatoms. The first-order chi connectivity index (χ1) is 10.6. The SMILES string of the molecule is C[C@H]1C[C@@]2(CCN1C(=O)O)OCC(O)c1cc(C(F)(F)F)sc12. The molecule has 1 aromatic rings. The minimum atomic E-state index is -4.48. The average Bonchev–Trinajstić information content (AvgIpc) is 2.90. The van der Waals surface area contributed by atoms with Gasteiger partial charge in [-0.25, -0.2) is 4.79 Å². The van der Waals surface area contributed by atoms with E-state index in [4.69, 9.17) is 9.84 Å². The van der Waals surface area contributed by atoms with Gasteiger partial charge in [0.25, 0.3) is 0 Å². The smallest absolute Gasteiger partial charge is 0.425 e. The van der Waals surface area contributed by atoms with Crippen LogP contribution in [0.15, 0.2) is 6.07 Å². The van der Waals surface area contributed by atoms with Crippen LogP contribution in [0.2, 0.25) is 0 Å². The topological polar surface area (TPSA) is 70.0 Å². The number of halogens is 3. The van der Waals surface area contributed by atoms with Gasteiger partial charge in [0.1, 0.15) is 16.6 Å². The van der Waals surface area contributed by atoms with E-state index < -0.39 is 28.9 Å². The average molecular weight is 351 g/mol. The van der Waals surface area contributed by atoms with Crippen molar-refractivity contribution < 1.29 is 32.9 Å². The summed E-state index contributed by atoms with van der Waals surface area (Å²) < 4.78 is 44.8. The second kappa shape index (κ2) is 5.35. The van der Waals surface area contributed by atoms with E-state index in [1.807, 2.05) is 0 Å². The number of piperidine rings is 1. The fourth-order valence-electron chi connectivity index (χ4n) is 3.37. The molecule has 0 radical (unpaired) electrons. The zero-order chi connectivity index (χ0) is 17.0. The first kappa shape index (κ1) is 16.5. The molecule has 1 saturated heterocycles. The van der Waals surface area contributed by atoms with Gasteiger partial charge in [-0.05, 0) is 19.4 Å². The molecule has 2 aliphatic heterocycles. The highest BCUT2D eigenvalue weighted by atomic mass is 32.1. The van der Waals surface area contributed by atoms with Crippen molar-refractivity contribution >= 4 is 17.4 Å². The highest BCUT2D eigenvalue weighted by Crippen LogP contribution is 2.51. The Kier molecular flexibility index (Phi) is 3.85. The zero-order valence-electron chi connectivity index (χ0n) is 12.3. The molecular formula is C14H16F3NO4S. The molecule has 1 fully saturated rings. The maximum atomic E-state index is 13.0. The quantitative estimate of drug-likeness (QED) is 0.753. The number of ether oxygens (including phenoxy) is 1. The molecule has 3 heterocycles. The summed E-state index contributed by atoms with van der Waals surface area (Å²) >= 11 is 0.587. The molecule has 1 spiro atoms. The lowest BCUT2D eigenvalue weighted by Crippen LogP contribution is -2.52. The van der Waals surface area contributed by atoms with Crippen LogP contribution in [0.5, 0.6) is 0 Å². The highest BCUT2D eigenvalue weighted by molar-refractivity contribution is 7.12. The molecule has 0 aliphatic carbocycles. The highest BCUT2D eigenvalue weighted by Gasteiger charge is 2.49. The number of aliphatic hydroxyl groups excluding tert-OH is 1. The third-order valence-electron chi connectivity index (χ3n) is 4.49. The number of carboxylic acid groups (broad SMARTS) is 1. The van der Waals surface area contributed by atoms with E-state index in [0.717, 1.165) is 6.07 Å². The van der Waals surface area contributed by atoms with Crippen LogP contribution in [-0.2, 0) is 16.5 Å². The third kappa shape index (κ3) is 2.70. The van der Waals surface area contributed by atoms with Crippen LogP contribution < -0.4 is 0 Å². The van der Waals surface area contributed by atoms with Crippen molar-refractivity contribution in [1.29, 1.82) is 0 Å². The van der Waals surface area contributed by atoms with Gasteiger partial charge in [0.2, 0.25) is 0 Å². The summed E-state index contributed by atoms with van der Waals surface area (Å²) in [5, 5.41) is 19.1. The monoisotopic (exact) mass is 351 g/mol. The predicted octanol–water partition coefficient (Wildman–Crippen LogP) is 3.19. The molecule has 3 atom stereocenters. The molecule has 1 unspecified atom stereocenters. The fraction of sp³-hybridized carbons (Fsp3) is 0.643. The minimum absolute atomic E-state index is 0.0825. The molecule has 1 aromatic heterocycles. The van der Waals surface area contributed by atoms with E-state index in [0.29, 0.717) is 16.2 Å². The molecule has 128 valence electrons. The Morgan fingerprint density at radius 1 is 1.52 bits per heavy atom. The molecule has 0 saturated carbocycles. The number of hydrogen-bond acceptors (Lipinski definition) is 4. The van der Waals surface area contributed by atoms with E-state index in [-0.39, 0.29) is 37.6 Å². The Morgan fingerprint density at radius 3 is 2.78 bits per heavy atom. The van der Waals surface area contributed by atoms with Crippen LogP contribution in [0.4, 0.5) is 18.0 Å². The molecule has 1 amide bonds. The summed E-state index contributed by atoms with van der Waals surface area (Å²) in [6.07, 6.45) is -6.06. The van der Waals surface area contributed by atoms with Crippen molar-refractivity contribution in [2.45, 2.75) is 43.7 Å². The van der Waals surface area contributed by atoms with Gasteiger partial charge in [-0.2, -0.15) is 13.2 Å². The van der Waals surface area contributed by atoms with Crippen LogP contribution in [-0.4, -0.2) is 40.4 Å². The van der Waals surface area contributed by atoms with Crippen LogP contribution in [0.3, 0.4) is 0 Å². The molecule has 2 aliphatic rings. The lowest BCUT2D eigenvalue weighted by atomic mass is 9.81. The van der Waals surface area contributed by atoms with Crippen LogP contribution in [0.1, 0.15) is 41.2 Å². The number of likely N-dealkylation sites (tertiary alicyclic amines) is 1. The molecule has 23 heavy (non-hydrogen) atoms. The summed E-state index contributed by atoms with van der Waals surface area (Å²) in [5.41, 5.74) is -0.696. The second-order valence-electron chi connectivity index (χ2n) is 5.99. The van der Waals surface area contributed by atoms with Crippen molar-refractivity contribution in [1.82, 2.24) is 4.90 Å². The van der Waals surface area contributed by atoms with Gasteiger partial charge in [-0.15, -0.1) is 11.3 Å². The van der Waals surface area contributed by atoms with Crippen LogP contribution in [0, 0.1) is 0 Å². The Morgan fingerprint density at radius 2 is 2.22 bits per heavy atom. The normalized spacial score (nSPS) is 31.3. The number of nitrogens with zero attached hydrogens (tertiary/aromatic N) is 1. The van der Waals surface area contributed by atoms with E-state index in [2.05, 4.69) is 0 Å². The molecular weight excluding hydrogens is 335 g/mol. The number of fused-ring (bicyclic) bond motifs is 2. The summed E-state index contributed by atoms with van der Waals surface area (Å²) in [6.45, 7) is 1.81. The zero-order valence-corrected chi connectivity index (χ0v) is 13.1. The Labute approximate surface area is 134 Å².